The summed E-state index contributed by atoms with van der Waals surface area (Å²) in [5, 5.41) is 8.06. The molecular formula is C20H26N4O2S. The lowest BCUT2D eigenvalue weighted by atomic mass is 10.1. The standard InChI is InChI=1S/C20H26N4O2S/c1-27(25,26)24-11-16-10-23(12-19(16)22-24)14-20(7-8-20)13-21-18-9-17(18)15-5-3-2-4-6-15/h2-6,11,17-18,21H,7-10,12-14H2,1H3/t17?,18-/m0/s1. The molecule has 6 nitrogen and oxygen atoms in total. The van der Waals surface area contributed by atoms with Crippen molar-refractivity contribution in [2.45, 2.75) is 44.3 Å². The Morgan fingerprint density at radius 2 is 2.00 bits per heavy atom. The molecule has 27 heavy (non-hydrogen) atoms. The van der Waals surface area contributed by atoms with Gasteiger partial charge in [0.15, 0.2) is 0 Å². The lowest BCUT2D eigenvalue weighted by molar-refractivity contribution is 0.216. The Labute approximate surface area is 160 Å². The second-order valence-electron chi connectivity index (χ2n) is 8.62. The van der Waals surface area contributed by atoms with Crippen molar-refractivity contribution in [1.29, 1.82) is 0 Å². The topological polar surface area (TPSA) is 67.2 Å². The lowest BCUT2D eigenvalue weighted by Crippen LogP contribution is -2.35. The van der Waals surface area contributed by atoms with Gasteiger partial charge in [0.1, 0.15) is 0 Å². The van der Waals surface area contributed by atoms with Gasteiger partial charge in [-0.25, -0.2) is 8.42 Å². The fourth-order valence-electron chi connectivity index (χ4n) is 4.35. The highest BCUT2D eigenvalue weighted by molar-refractivity contribution is 7.89. The molecule has 2 aromatic rings. The molecule has 0 amide bonds. The van der Waals surface area contributed by atoms with Gasteiger partial charge in [0.05, 0.1) is 11.9 Å². The Bertz CT molecular complexity index is 926. The molecule has 2 aliphatic carbocycles. The molecule has 7 heteroatoms. The number of aromatic nitrogens is 2. The van der Waals surface area contributed by atoms with Gasteiger partial charge in [-0.2, -0.15) is 9.19 Å². The van der Waals surface area contributed by atoms with Gasteiger partial charge in [0.25, 0.3) is 10.0 Å². The minimum absolute atomic E-state index is 0.389. The first kappa shape index (κ1) is 17.4. The van der Waals surface area contributed by atoms with Crippen LogP contribution in [0.4, 0.5) is 0 Å². The molecule has 0 bridgehead atoms. The molecule has 0 spiro atoms. The van der Waals surface area contributed by atoms with Crippen molar-refractivity contribution in [3.63, 3.8) is 0 Å². The minimum atomic E-state index is -3.28. The predicted octanol–water partition coefficient (Wildman–Crippen LogP) is 1.93. The van der Waals surface area contributed by atoms with E-state index in [1.165, 1.54) is 31.1 Å². The Morgan fingerprint density at radius 3 is 2.67 bits per heavy atom. The van der Waals surface area contributed by atoms with Crippen LogP contribution in [0.5, 0.6) is 0 Å². The zero-order valence-electron chi connectivity index (χ0n) is 15.6. The highest BCUT2D eigenvalue weighted by Gasteiger charge is 2.47. The van der Waals surface area contributed by atoms with E-state index < -0.39 is 10.0 Å². The summed E-state index contributed by atoms with van der Waals surface area (Å²) in [5.41, 5.74) is 3.80. The summed E-state index contributed by atoms with van der Waals surface area (Å²) in [4.78, 5) is 2.42. The molecule has 1 unspecified atom stereocenters. The zero-order valence-corrected chi connectivity index (χ0v) is 16.5. The number of benzene rings is 1. The fraction of sp³-hybridized carbons (Fsp3) is 0.550. The van der Waals surface area contributed by atoms with Gasteiger partial charge in [-0.05, 0) is 30.2 Å². The molecule has 5 rings (SSSR count). The van der Waals surface area contributed by atoms with Crippen LogP contribution in [0.1, 0.15) is 42.0 Å². The average molecular weight is 387 g/mol. The van der Waals surface area contributed by atoms with Crippen molar-refractivity contribution in [1.82, 2.24) is 19.4 Å². The Hall–Kier alpha value is -1.70. The summed E-state index contributed by atoms with van der Waals surface area (Å²) in [6, 6.07) is 11.4. The Balaban J connectivity index is 1.14. The predicted molar refractivity (Wildman–Crippen MR) is 104 cm³/mol. The third-order valence-electron chi connectivity index (χ3n) is 6.24. The first-order valence-electron chi connectivity index (χ1n) is 9.71. The molecule has 3 aliphatic rings. The van der Waals surface area contributed by atoms with E-state index in [2.05, 4.69) is 45.6 Å². The van der Waals surface area contributed by atoms with Crippen LogP contribution in [0.3, 0.4) is 0 Å². The third-order valence-corrected chi connectivity index (χ3v) is 7.10. The van der Waals surface area contributed by atoms with Gasteiger partial charge in [0.2, 0.25) is 0 Å². The van der Waals surface area contributed by atoms with Gasteiger partial charge in [-0.15, -0.1) is 0 Å². The average Bonchev–Trinajstić information content (AvgIpc) is 3.48. The van der Waals surface area contributed by atoms with E-state index in [-0.39, 0.29) is 0 Å². The molecule has 0 radical (unpaired) electrons. The molecule has 2 saturated carbocycles. The van der Waals surface area contributed by atoms with E-state index in [1.54, 1.807) is 6.20 Å². The second kappa shape index (κ2) is 6.15. The molecule has 144 valence electrons. The van der Waals surface area contributed by atoms with Crippen molar-refractivity contribution in [2.24, 2.45) is 5.41 Å². The quantitative estimate of drug-likeness (QED) is 0.788. The van der Waals surface area contributed by atoms with Gasteiger partial charge in [-0.1, -0.05) is 30.3 Å². The molecule has 1 aromatic heterocycles. The molecule has 1 aliphatic heterocycles. The molecule has 1 aromatic carbocycles. The number of nitrogens with one attached hydrogen (secondary N) is 1. The van der Waals surface area contributed by atoms with E-state index in [4.69, 9.17) is 0 Å². The molecule has 0 saturated heterocycles. The Kier molecular flexibility index (Phi) is 3.97. The van der Waals surface area contributed by atoms with Crippen LogP contribution < -0.4 is 5.32 Å². The second-order valence-corrected chi connectivity index (χ2v) is 10.5. The molecule has 2 fully saturated rings. The summed E-state index contributed by atoms with van der Waals surface area (Å²) in [5.74, 6) is 0.676. The molecular weight excluding hydrogens is 360 g/mol. The monoisotopic (exact) mass is 386 g/mol. The van der Waals surface area contributed by atoms with Crippen LogP contribution in [0.25, 0.3) is 0 Å². The van der Waals surface area contributed by atoms with E-state index in [0.29, 0.717) is 17.4 Å². The fourth-order valence-corrected chi connectivity index (χ4v) is 4.92. The van der Waals surface area contributed by atoms with Crippen molar-refractivity contribution in [3.8, 4) is 0 Å². The summed E-state index contributed by atoms with van der Waals surface area (Å²) in [6.07, 6.45) is 6.67. The van der Waals surface area contributed by atoms with Gasteiger partial charge in [-0.3, -0.25) is 4.90 Å². The van der Waals surface area contributed by atoms with Gasteiger partial charge in [0, 0.05) is 49.9 Å². The first-order valence-corrected chi connectivity index (χ1v) is 11.6. The maximum absolute atomic E-state index is 11.6. The first-order chi connectivity index (χ1) is 12.9. The van der Waals surface area contributed by atoms with Crippen LogP contribution in [0.15, 0.2) is 36.5 Å². The van der Waals surface area contributed by atoms with Crippen molar-refractivity contribution < 1.29 is 8.42 Å². The number of hydrogen-bond donors (Lipinski definition) is 1. The highest BCUT2D eigenvalue weighted by Crippen LogP contribution is 2.48. The normalized spacial score (nSPS) is 26.1. The van der Waals surface area contributed by atoms with Crippen LogP contribution in [0, 0.1) is 5.41 Å². The maximum Gasteiger partial charge on any atom is 0.250 e. The SMILES string of the molecule is CS(=O)(=O)n1cc2c(n1)CN(CC1(CN[C@H]3CC3c3ccccc3)CC1)C2. The van der Waals surface area contributed by atoms with Crippen LogP contribution in [-0.4, -0.2) is 47.9 Å². The van der Waals surface area contributed by atoms with Crippen molar-refractivity contribution in [2.75, 3.05) is 19.3 Å². The minimum Gasteiger partial charge on any atom is -0.313 e. The number of hydrogen-bond acceptors (Lipinski definition) is 5. The summed E-state index contributed by atoms with van der Waals surface area (Å²) >= 11 is 0. The van der Waals surface area contributed by atoms with Gasteiger partial charge >= 0.3 is 0 Å². The summed E-state index contributed by atoms with van der Waals surface area (Å²) in [7, 11) is -3.28. The molecule has 2 heterocycles. The smallest absolute Gasteiger partial charge is 0.250 e. The van der Waals surface area contributed by atoms with Crippen LogP contribution in [-0.2, 0) is 23.1 Å². The number of rotatable bonds is 7. The van der Waals surface area contributed by atoms with E-state index in [1.807, 2.05) is 0 Å². The third kappa shape index (κ3) is 3.56. The zero-order chi connectivity index (χ0) is 18.6. The van der Waals surface area contributed by atoms with Crippen molar-refractivity contribution >= 4 is 10.0 Å². The van der Waals surface area contributed by atoms with E-state index >= 15 is 0 Å². The molecule has 2 atom stereocenters. The highest BCUT2D eigenvalue weighted by atomic mass is 32.2. The van der Waals surface area contributed by atoms with Gasteiger partial charge < -0.3 is 5.32 Å². The van der Waals surface area contributed by atoms with Crippen LogP contribution in [0.2, 0.25) is 0 Å². The maximum atomic E-state index is 11.6. The molecule has 1 N–H and O–H groups in total. The summed E-state index contributed by atoms with van der Waals surface area (Å²) in [6.45, 7) is 3.72. The number of nitrogens with zero attached hydrogens (tertiary/aromatic N) is 3. The lowest BCUT2D eigenvalue weighted by Gasteiger charge is -2.23. The number of fused-ring (bicyclic) bond motifs is 1. The van der Waals surface area contributed by atoms with Crippen molar-refractivity contribution in [3.05, 3.63) is 53.3 Å². The van der Waals surface area contributed by atoms with E-state index in [0.717, 1.165) is 41.5 Å². The largest absolute Gasteiger partial charge is 0.313 e. The van der Waals surface area contributed by atoms with E-state index in [9.17, 15) is 8.42 Å². The Morgan fingerprint density at radius 1 is 1.22 bits per heavy atom. The van der Waals surface area contributed by atoms with Crippen LogP contribution >= 0.6 is 0 Å². The summed E-state index contributed by atoms with van der Waals surface area (Å²) < 4.78 is 24.4.